The van der Waals surface area contributed by atoms with Gasteiger partial charge in [-0.2, -0.15) is 26.4 Å². The SMILES string of the molecule is [C-]#[N+]c1ccc(C([N-]c2ccccc2[S-])C([N-]c2ccccc2[S-])c2ccc(C#N)cc2)cc1.[Ni]. The Bertz CT molecular complexity index is 1250. The summed E-state index contributed by atoms with van der Waals surface area (Å²) in [7, 11) is 0. The zero-order valence-electron chi connectivity index (χ0n) is 18.3. The summed E-state index contributed by atoms with van der Waals surface area (Å²) in [6, 6.07) is 31.0. The molecule has 0 saturated heterocycles. The monoisotopic (exact) mass is 532 g/mol. The van der Waals surface area contributed by atoms with Crippen LogP contribution in [-0.4, -0.2) is 0 Å². The van der Waals surface area contributed by atoms with Gasteiger partial charge in [-0.25, -0.2) is 4.85 Å². The largest absolute Gasteiger partial charge is 0.781 e. The van der Waals surface area contributed by atoms with Crippen LogP contribution in [-0.2, 0) is 41.7 Å². The molecule has 0 saturated carbocycles. The Morgan fingerprint density at radius 1 is 0.686 bits per heavy atom. The van der Waals surface area contributed by atoms with Crippen molar-refractivity contribution in [2.24, 2.45) is 0 Å². The summed E-state index contributed by atoms with van der Waals surface area (Å²) in [4.78, 5) is 4.80. The van der Waals surface area contributed by atoms with Gasteiger partial charge in [-0.1, -0.05) is 96.1 Å². The van der Waals surface area contributed by atoms with Crippen molar-refractivity contribution < 1.29 is 16.5 Å². The molecule has 0 aromatic heterocycles. The van der Waals surface area contributed by atoms with Crippen LogP contribution in [0.2, 0.25) is 0 Å². The van der Waals surface area contributed by atoms with Gasteiger partial charge in [0.05, 0.1) is 18.2 Å². The van der Waals surface area contributed by atoms with E-state index in [1.165, 1.54) is 0 Å². The second kappa shape index (κ2) is 12.2. The molecule has 0 radical (unpaired) electrons. The van der Waals surface area contributed by atoms with Crippen molar-refractivity contribution in [1.29, 1.82) is 5.26 Å². The Morgan fingerprint density at radius 3 is 1.51 bits per heavy atom. The summed E-state index contributed by atoms with van der Waals surface area (Å²) in [6.07, 6.45) is 0. The normalized spacial score (nSPS) is 11.7. The van der Waals surface area contributed by atoms with E-state index in [9.17, 15) is 5.26 Å². The first-order chi connectivity index (χ1) is 16.6. The molecule has 0 spiro atoms. The van der Waals surface area contributed by atoms with Gasteiger partial charge in [0.1, 0.15) is 0 Å². The Morgan fingerprint density at radius 2 is 1.11 bits per heavy atom. The minimum absolute atomic E-state index is 0. The molecule has 0 N–H and O–H groups in total. The van der Waals surface area contributed by atoms with Crippen molar-refractivity contribution in [3.05, 3.63) is 136 Å². The second-order valence-electron chi connectivity index (χ2n) is 7.52. The molecular weight excluding hydrogens is 515 g/mol. The summed E-state index contributed by atoms with van der Waals surface area (Å²) in [5, 5.41) is 19.4. The van der Waals surface area contributed by atoms with Crippen molar-refractivity contribution >= 4 is 42.3 Å². The molecule has 4 aromatic carbocycles. The predicted molar refractivity (Wildman–Crippen MR) is 140 cm³/mol. The van der Waals surface area contributed by atoms with E-state index >= 15 is 0 Å². The number of hydrogen-bond acceptors (Lipinski definition) is 3. The van der Waals surface area contributed by atoms with Gasteiger partial charge >= 0.3 is 0 Å². The van der Waals surface area contributed by atoms with E-state index in [1.54, 1.807) is 24.3 Å². The van der Waals surface area contributed by atoms with Crippen molar-refractivity contribution in [3.8, 4) is 6.07 Å². The summed E-state index contributed by atoms with van der Waals surface area (Å²) in [5.41, 5.74) is 4.28. The topological polar surface area (TPSA) is 56.4 Å². The molecule has 0 aliphatic heterocycles. The fourth-order valence-electron chi connectivity index (χ4n) is 3.58. The van der Waals surface area contributed by atoms with E-state index in [-0.39, 0.29) is 16.5 Å². The first-order valence-corrected chi connectivity index (χ1v) is 11.3. The van der Waals surface area contributed by atoms with Gasteiger partial charge in [-0.05, 0) is 12.1 Å². The molecule has 35 heavy (non-hydrogen) atoms. The Hall–Kier alpha value is -3.61. The standard InChI is InChI=1S/C28H20N4S2.Ni/c1-30-22-16-14-21(15-17-22)28(32-24-7-3-5-9-26(24)34)27(20-12-10-19(18-29)11-13-20)31-23-6-2-4-8-25(23)33;/h2-17,27-28,33-34H;/q-2;/p-2. The van der Waals surface area contributed by atoms with E-state index in [1.807, 2.05) is 72.8 Å². The molecule has 4 nitrogen and oxygen atoms in total. The van der Waals surface area contributed by atoms with Gasteiger partial charge in [0, 0.05) is 16.5 Å². The van der Waals surface area contributed by atoms with Crippen LogP contribution in [0.15, 0.2) is 107 Å². The summed E-state index contributed by atoms with van der Waals surface area (Å²) < 4.78 is 0. The van der Waals surface area contributed by atoms with Gasteiger partial charge in [-0.3, -0.25) is 0 Å². The number of benzene rings is 4. The third-order valence-electron chi connectivity index (χ3n) is 5.33. The molecular formula is C28H18N4NiS2-4. The number of rotatable bonds is 7. The Labute approximate surface area is 227 Å². The van der Waals surface area contributed by atoms with E-state index in [0.717, 1.165) is 11.1 Å². The first kappa shape index (κ1) is 26.0. The van der Waals surface area contributed by atoms with Crippen molar-refractivity contribution in [2.45, 2.75) is 21.9 Å². The Kier molecular flexibility index (Phi) is 9.07. The first-order valence-electron chi connectivity index (χ1n) is 10.5. The molecule has 2 unspecified atom stereocenters. The van der Waals surface area contributed by atoms with E-state index in [2.05, 4.69) is 10.9 Å². The minimum atomic E-state index is -0.440. The average Bonchev–Trinajstić information content (AvgIpc) is 2.88. The van der Waals surface area contributed by atoms with Gasteiger partial charge in [0.25, 0.3) is 0 Å². The second-order valence-corrected chi connectivity index (χ2v) is 8.40. The van der Waals surface area contributed by atoms with Crippen LogP contribution < -0.4 is 0 Å². The number of nitrogens with zero attached hydrogens (tertiary/aromatic N) is 4. The summed E-state index contributed by atoms with van der Waals surface area (Å²) >= 11 is 11.1. The van der Waals surface area contributed by atoms with Gasteiger partial charge < -0.3 is 35.9 Å². The third-order valence-corrected chi connectivity index (χ3v) is 6.02. The van der Waals surface area contributed by atoms with E-state index in [0.29, 0.717) is 32.4 Å². The molecule has 4 rings (SSSR count). The maximum absolute atomic E-state index is 9.26. The maximum Gasteiger partial charge on any atom is 0.187 e. The Balaban J connectivity index is 0.00000342. The molecule has 0 amide bonds. The van der Waals surface area contributed by atoms with Crippen molar-refractivity contribution in [1.82, 2.24) is 0 Å². The van der Waals surface area contributed by atoms with Crippen molar-refractivity contribution in [2.75, 3.05) is 0 Å². The zero-order chi connectivity index (χ0) is 23.9. The fraction of sp³-hybridized carbons (Fsp3) is 0.0714. The third kappa shape index (κ3) is 6.29. The quantitative estimate of drug-likeness (QED) is 0.137. The molecule has 0 heterocycles. The average molecular weight is 533 g/mol. The van der Waals surface area contributed by atoms with Gasteiger partial charge in [0.2, 0.25) is 0 Å². The number of para-hydroxylation sites is 2. The zero-order valence-corrected chi connectivity index (χ0v) is 20.9. The van der Waals surface area contributed by atoms with Crippen LogP contribution in [0.3, 0.4) is 0 Å². The molecule has 176 valence electrons. The van der Waals surface area contributed by atoms with Crippen LogP contribution >= 0.6 is 0 Å². The molecule has 0 aliphatic rings. The van der Waals surface area contributed by atoms with Gasteiger partial charge in [0.15, 0.2) is 5.69 Å². The molecule has 4 aromatic rings. The van der Waals surface area contributed by atoms with Crippen LogP contribution in [0.25, 0.3) is 15.5 Å². The maximum atomic E-state index is 9.26. The number of nitriles is 1. The van der Waals surface area contributed by atoms with E-state index < -0.39 is 12.1 Å². The van der Waals surface area contributed by atoms with Crippen LogP contribution in [0.1, 0.15) is 28.8 Å². The molecule has 0 fully saturated rings. The van der Waals surface area contributed by atoms with Crippen molar-refractivity contribution in [3.63, 3.8) is 0 Å². The van der Waals surface area contributed by atoms with Gasteiger partial charge in [-0.15, -0.1) is 12.1 Å². The van der Waals surface area contributed by atoms with Crippen LogP contribution in [0.5, 0.6) is 0 Å². The van der Waals surface area contributed by atoms with Crippen LogP contribution in [0, 0.1) is 17.9 Å². The van der Waals surface area contributed by atoms with E-state index in [4.69, 9.17) is 42.5 Å². The summed E-state index contributed by atoms with van der Waals surface area (Å²) in [6.45, 7) is 7.29. The minimum Gasteiger partial charge on any atom is -0.781 e. The molecule has 2 atom stereocenters. The molecule has 0 aliphatic carbocycles. The predicted octanol–water partition coefficient (Wildman–Crippen LogP) is 8.11. The summed E-state index contributed by atoms with van der Waals surface area (Å²) in [5.74, 6) is 0. The molecule has 0 bridgehead atoms. The smallest absolute Gasteiger partial charge is 0.187 e. The number of hydrogen-bond donors (Lipinski definition) is 0. The van der Waals surface area contributed by atoms with Crippen LogP contribution in [0.4, 0.5) is 17.1 Å². The fourth-order valence-corrected chi connectivity index (χ4v) is 3.98. The molecule has 7 heteroatoms.